The third kappa shape index (κ3) is 2.80. The minimum absolute atomic E-state index is 0.508. The van der Waals surface area contributed by atoms with Gasteiger partial charge in [-0.1, -0.05) is 18.0 Å². The summed E-state index contributed by atoms with van der Waals surface area (Å²) in [4.78, 5) is 8.41. The minimum Gasteiger partial charge on any atom is -0.366 e. The summed E-state index contributed by atoms with van der Waals surface area (Å²) in [6, 6.07) is 2.31. The Morgan fingerprint density at radius 2 is 2.25 bits per heavy atom. The van der Waals surface area contributed by atoms with E-state index in [0.29, 0.717) is 22.3 Å². The van der Waals surface area contributed by atoms with E-state index in [4.69, 9.17) is 11.6 Å². The van der Waals surface area contributed by atoms with Crippen molar-refractivity contribution in [1.82, 2.24) is 9.97 Å². The van der Waals surface area contributed by atoms with Gasteiger partial charge in [-0.05, 0) is 26.0 Å². The van der Waals surface area contributed by atoms with Gasteiger partial charge in [-0.15, -0.1) is 0 Å². The quantitative estimate of drug-likeness (QED) is 0.845. The van der Waals surface area contributed by atoms with E-state index in [2.05, 4.69) is 21.5 Å². The van der Waals surface area contributed by atoms with Crippen molar-refractivity contribution in [1.29, 1.82) is 0 Å². The second kappa shape index (κ2) is 5.23. The molecule has 1 aliphatic rings. The van der Waals surface area contributed by atoms with Crippen LogP contribution in [0.2, 0.25) is 5.15 Å². The van der Waals surface area contributed by atoms with E-state index in [1.807, 2.05) is 18.7 Å². The zero-order valence-corrected chi connectivity index (χ0v) is 11.1. The standard InChI is InChI=1S/C11H16ClN3S/c1-7-13-10(12)6-11(14-7)15-8-4-3-5-9(8)16-2/h6,8-9H,3-5H2,1-2H3,(H,13,14,15). The monoisotopic (exact) mass is 257 g/mol. The number of hydrogen-bond acceptors (Lipinski definition) is 4. The van der Waals surface area contributed by atoms with Gasteiger partial charge < -0.3 is 5.32 Å². The Labute approximate surface area is 105 Å². The van der Waals surface area contributed by atoms with Crippen LogP contribution in [0, 0.1) is 6.92 Å². The number of rotatable bonds is 3. The number of nitrogens with zero attached hydrogens (tertiary/aromatic N) is 2. The smallest absolute Gasteiger partial charge is 0.134 e. The maximum atomic E-state index is 5.91. The molecule has 1 N–H and O–H groups in total. The number of thioether (sulfide) groups is 1. The molecule has 0 amide bonds. The molecule has 0 bridgehead atoms. The van der Waals surface area contributed by atoms with E-state index in [1.54, 1.807) is 6.07 Å². The van der Waals surface area contributed by atoms with E-state index in [-0.39, 0.29) is 0 Å². The van der Waals surface area contributed by atoms with E-state index >= 15 is 0 Å². The van der Waals surface area contributed by atoms with Crippen LogP contribution < -0.4 is 5.32 Å². The molecule has 0 radical (unpaired) electrons. The molecule has 5 heteroatoms. The molecule has 1 aliphatic carbocycles. The second-order valence-corrected chi connectivity index (χ2v) is 5.54. The summed E-state index contributed by atoms with van der Waals surface area (Å²) in [6.07, 6.45) is 5.96. The summed E-state index contributed by atoms with van der Waals surface area (Å²) in [5.74, 6) is 1.57. The van der Waals surface area contributed by atoms with Crippen LogP contribution in [0.25, 0.3) is 0 Å². The molecule has 0 saturated heterocycles. The molecule has 3 nitrogen and oxygen atoms in total. The lowest BCUT2D eigenvalue weighted by Gasteiger charge is -2.19. The molecule has 88 valence electrons. The fourth-order valence-corrected chi connectivity index (χ4v) is 3.33. The first-order valence-electron chi connectivity index (χ1n) is 5.49. The van der Waals surface area contributed by atoms with Gasteiger partial charge in [0.05, 0.1) is 0 Å². The van der Waals surface area contributed by atoms with E-state index in [1.165, 1.54) is 19.3 Å². The Hall–Kier alpha value is -0.480. The van der Waals surface area contributed by atoms with Gasteiger partial charge in [0.1, 0.15) is 16.8 Å². The van der Waals surface area contributed by atoms with Crippen LogP contribution in [0.3, 0.4) is 0 Å². The predicted molar refractivity (Wildman–Crippen MR) is 70.3 cm³/mol. The molecule has 1 saturated carbocycles. The molecule has 1 aromatic heterocycles. The Morgan fingerprint density at radius 3 is 2.94 bits per heavy atom. The lowest BCUT2D eigenvalue weighted by molar-refractivity contribution is 0.761. The van der Waals surface area contributed by atoms with Crippen LogP contribution >= 0.6 is 23.4 Å². The highest BCUT2D eigenvalue weighted by molar-refractivity contribution is 7.99. The normalized spacial score (nSPS) is 24.7. The second-order valence-electron chi connectivity index (χ2n) is 4.08. The number of aromatic nitrogens is 2. The average Bonchev–Trinajstić information content (AvgIpc) is 2.63. The number of anilines is 1. The maximum Gasteiger partial charge on any atom is 0.134 e. The highest BCUT2D eigenvalue weighted by Crippen LogP contribution is 2.30. The highest BCUT2D eigenvalue weighted by Gasteiger charge is 2.26. The Balaban J connectivity index is 2.08. The van der Waals surface area contributed by atoms with Crippen LogP contribution in [0.5, 0.6) is 0 Å². The van der Waals surface area contributed by atoms with Crippen LogP contribution in [0.15, 0.2) is 6.07 Å². The lowest BCUT2D eigenvalue weighted by Crippen LogP contribution is -2.26. The molecular formula is C11H16ClN3S. The molecule has 1 fully saturated rings. The predicted octanol–water partition coefficient (Wildman–Crippen LogP) is 3.13. The maximum absolute atomic E-state index is 5.91. The van der Waals surface area contributed by atoms with Crippen LogP contribution in [-0.2, 0) is 0 Å². The number of hydrogen-bond donors (Lipinski definition) is 1. The van der Waals surface area contributed by atoms with Gasteiger partial charge in [0.25, 0.3) is 0 Å². The van der Waals surface area contributed by atoms with Crippen molar-refractivity contribution in [2.24, 2.45) is 0 Å². The topological polar surface area (TPSA) is 37.8 Å². The molecule has 0 aromatic carbocycles. The van der Waals surface area contributed by atoms with Gasteiger partial charge in [0, 0.05) is 17.4 Å². The third-order valence-corrected chi connectivity index (χ3v) is 4.26. The van der Waals surface area contributed by atoms with Crippen molar-refractivity contribution in [2.45, 2.75) is 37.5 Å². The number of aryl methyl sites for hydroxylation is 1. The van der Waals surface area contributed by atoms with Crippen molar-refractivity contribution < 1.29 is 0 Å². The molecule has 2 atom stereocenters. The number of nitrogens with one attached hydrogen (secondary N) is 1. The van der Waals surface area contributed by atoms with Crippen LogP contribution in [-0.4, -0.2) is 27.5 Å². The zero-order valence-electron chi connectivity index (χ0n) is 9.53. The Kier molecular flexibility index (Phi) is 3.92. The van der Waals surface area contributed by atoms with Crippen LogP contribution in [0.4, 0.5) is 5.82 Å². The van der Waals surface area contributed by atoms with Crippen molar-refractivity contribution in [2.75, 3.05) is 11.6 Å². The largest absolute Gasteiger partial charge is 0.366 e. The van der Waals surface area contributed by atoms with Gasteiger partial charge in [-0.3, -0.25) is 0 Å². The van der Waals surface area contributed by atoms with Gasteiger partial charge in [-0.25, -0.2) is 9.97 Å². The fraction of sp³-hybridized carbons (Fsp3) is 0.636. The molecule has 16 heavy (non-hydrogen) atoms. The van der Waals surface area contributed by atoms with E-state index in [0.717, 1.165) is 5.82 Å². The first-order valence-corrected chi connectivity index (χ1v) is 7.16. The SMILES string of the molecule is CSC1CCCC1Nc1cc(Cl)nc(C)n1. The molecular weight excluding hydrogens is 242 g/mol. The molecule has 2 rings (SSSR count). The van der Waals surface area contributed by atoms with Crippen molar-refractivity contribution in [3.05, 3.63) is 17.0 Å². The summed E-state index contributed by atoms with van der Waals surface area (Å²) in [6.45, 7) is 1.86. The van der Waals surface area contributed by atoms with Gasteiger partial charge in [0.2, 0.25) is 0 Å². The fourth-order valence-electron chi connectivity index (χ4n) is 2.17. The van der Waals surface area contributed by atoms with Gasteiger partial charge >= 0.3 is 0 Å². The molecule has 0 spiro atoms. The molecule has 0 aliphatic heterocycles. The summed E-state index contributed by atoms with van der Waals surface area (Å²) in [5.41, 5.74) is 0. The summed E-state index contributed by atoms with van der Waals surface area (Å²) in [5, 5.41) is 4.66. The van der Waals surface area contributed by atoms with E-state index < -0.39 is 0 Å². The van der Waals surface area contributed by atoms with Crippen molar-refractivity contribution in [3.63, 3.8) is 0 Å². The van der Waals surface area contributed by atoms with Gasteiger partial charge in [0.15, 0.2) is 0 Å². The average molecular weight is 258 g/mol. The zero-order chi connectivity index (χ0) is 11.5. The first kappa shape index (κ1) is 12.0. The van der Waals surface area contributed by atoms with Gasteiger partial charge in [-0.2, -0.15) is 11.8 Å². The summed E-state index contributed by atoms with van der Waals surface area (Å²) >= 11 is 7.84. The minimum atomic E-state index is 0.508. The Morgan fingerprint density at radius 1 is 1.44 bits per heavy atom. The number of halogens is 1. The van der Waals surface area contributed by atoms with E-state index in [9.17, 15) is 0 Å². The molecule has 1 heterocycles. The molecule has 2 unspecified atom stereocenters. The first-order chi connectivity index (χ1) is 7.69. The van der Waals surface area contributed by atoms with Crippen molar-refractivity contribution in [3.8, 4) is 0 Å². The lowest BCUT2D eigenvalue weighted by atomic mass is 10.2. The highest BCUT2D eigenvalue weighted by atomic mass is 35.5. The summed E-state index contributed by atoms with van der Waals surface area (Å²) in [7, 11) is 0. The Bertz CT molecular complexity index is 352. The van der Waals surface area contributed by atoms with Crippen LogP contribution in [0.1, 0.15) is 25.1 Å². The molecule has 1 aromatic rings. The third-order valence-electron chi connectivity index (χ3n) is 2.90. The summed E-state index contributed by atoms with van der Waals surface area (Å²) < 4.78 is 0. The van der Waals surface area contributed by atoms with Crippen molar-refractivity contribution >= 4 is 29.2 Å².